The number of aromatic hydroxyl groups is 1. The zero-order valence-electron chi connectivity index (χ0n) is 24.9. The fraction of sp³-hybridized carbons (Fsp3) is 0.455. The average molecular weight is 571 g/mol. The van der Waals surface area contributed by atoms with Crippen molar-refractivity contribution in [2.75, 3.05) is 51.2 Å². The van der Waals surface area contributed by atoms with E-state index >= 15 is 4.39 Å². The number of aryl methyl sites for hydroxylation is 1. The molecule has 8 nitrogen and oxygen atoms in total. The van der Waals surface area contributed by atoms with Crippen LogP contribution in [0.5, 0.6) is 5.75 Å². The number of hydrogen-bond donors (Lipinski definition) is 2. The van der Waals surface area contributed by atoms with E-state index < -0.39 is 5.82 Å². The second kappa shape index (κ2) is 11.1. The van der Waals surface area contributed by atoms with Gasteiger partial charge in [-0.25, -0.2) is 4.39 Å². The summed E-state index contributed by atoms with van der Waals surface area (Å²) in [7, 11) is 3.97. The van der Waals surface area contributed by atoms with Gasteiger partial charge in [-0.1, -0.05) is 0 Å². The number of anilines is 1. The summed E-state index contributed by atoms with van der Waals surface area (Å²) in [6.07, 6.45) is 3.08. The summed E-state index contributed by atoms with van der Waals surface area (Å²) in [5.41, 5.74) is 2.51. The van der Waals surface area contributed by atoms with Gasteiger partial charge in [-0.05, 0) is 82.4 Å². The lowest BCUT2D eigenvalue weighted by Gasteiger charge is -2.38. The van der Waals surface area contributed by atoms with E-state index in [9.17, 15) is 15.2 Å². The summed E-state index contributed by atoms with van der Waals surface area (Å²) >= 11 is 0. The number of piperazine rings is 1. The fourth-order valence-corrected chi connectivity index (χ4v) is 7.01. The van der Waals surface area contributed by atoms with Gasteiger partial charge in [0.1, 0.15) is 17.1 Å². The van der Waals surface area contributed by atoms with E-state index in [1.54, 1.807) is 6.07 Å². The van der Waals surface area contributed by atoms with Gasteiger partial charge in [0.25, 0.3) is 5.91 Å². The van der Waals surface area contributed by atoms with Crippen molar-refractivity contribution in [2.45, 2.75) is 45.2 Å². The van der Waals surface area contributed by atoms with E-state index in [0.717, 1.165) is 55.2 Å². The van der Waals surface area contributed by atoms with Gasteiger partial charge in [0.2, 0.25) is 0 Å². The monoisotopic (exact) mass is 570 g/mol. The molecule has 1 unspecified atom stereocenters. The molecule has 220 valence electrons. The largest absolute Gasteiger partial charge is 0.506 e. The summed E-state index contributed by atoms with van der Waals surface area (Å²) < 4.78 is 17.7. The number of amides is 1. The van der Waals surface area contributed by atoms with E-state index in [1.807, 2.05) is 29.8 Å². The number of benzene rings is 3. The number of carbonyl (C=O) groups excluding carboxylic acids is 1. The molecule has 1 atom stereocenters. The highest BCUT2D eigenvalue weighted by molar-refractivity contribution is 6.28. The van der Waals surface area contributed by atoms with Crippen LogP contribution in [-0.4, -0.2) is 83.8 Å². The summed E-state index contributed by atoms with van der Waals surface area (Å²) in [6, 6.07) is 11.7. The molecule has 0 spiro atoms. The Bertz CT molecular complexity index is 1730. The molecule has 1 aromatic heterocycles. The van der Waals surface area contributed by atoms with Gasteiger partial charge >= 0.3 is 0 Å². The quantitative estimate of drug-likeness (QED) is 0.341. The molecular formula is C33H39FN6O2. The first-order chi connectivity index (χ1) is 20.2. The number of phenolic OH excluding ortho intramolecular Hbond substituents is 1. The van der Waals surface area contributed by atoms with Crippen molar-refractivity contribution in [3.05, 3.63) is 47.3 Å². The van der Waals surface area contributed by atoms with Gasteiger partial charge in [-0.15, -0.1) is 0 Å². The summed E-state index contributed by atoms with van der Waals surface area (Å²) in [4.78, 5) is 20.5. The van der Waals surface area contributed by atoms with Crippen molar-refractivity contribution in [3.8, 4) is 11.8 Å². The van der Waals surface area contributed by atoms with Crippen molar-refractivity contribution < 1.29 is 14.3 Å². The van der Waals surface area contributed by atoms with E-state index in [1.165, 1.54) is 6.07 Å². The number of likely N-dealkylation sites (tertiary alicyclic amines) is 1. The Morgan fingerprint density at radius 1 is 1.10 bits per heavy atom. The van der Waals surface area contributed by atoms with Crippen molar-refractivity contribution in [3.63, 3.8) is 0 Å². The van der Waals surface area contributed by atoms with Crippen LogP contribution in [0.25, 0.3) is 32.6 Å². The third-order valence-electron chi connectivity index (χ3n) is 9.46. The maximum Gasteiger partial charge on any atom is 0.257 e. The minimum absolute atomic E-state index is 0.132. The molecule has 4 aromatic rings. The maximum absolute atomic E-state index is 15.8. The van der Waals surface area contributed by atoms with Crippen LogP contribution in [0.4, 0.5) is 10.1 Å². The molecule has 0 radical (unpaired) electrons. The van der Waals surface area contributed by atoms with Crippen molar-refractivity contribution >= 4 is 44.2 Å². The first-order valence-electron chi connectivity index (χ1n) is 15.0. The van der Waals surface area contributed by atoms with Crippen molar-refractivity contribution in [2.24, 2.45) is 7.05 Å². The highest BCUT2D eigenvalue weighted by Gasteiger charge is 2.28. The SMILES string of the molecule is CC(C)N1CCN(c2cc3c(cc2F)c(O)c(C(=O)NCCC2CCCN2C)c2c3c3cc(C#N)ccc3n2C)CC1. The minimum atomic E-state index is -0.427. The Balaban J connectivity index is 1.50. The molecular weight excluding hydrogens is 531 g/mol. The van der Waals surface area contributed by atoms with Gasteiger partial charge < -0.3 is 24.8 Å². The molecule has 2 fully saturated rings. The molecule has 6 rings (SSSR count). The second-order valence-electron chi connectivity index (χ2n) is 12.1. The zero-order chi connectivity index (χ0) is 29.7. The molecule has 3 aromatic carbocycles. The molecule has 2 aliphatic heterocycles. The van der Waals surface area contributed by atoms with Crippen LogP contribution in [0.2, 0.25) is 0 Å². The lowest BCUT2D eigenvalue weighted by Crippen LogP contribution is -2.49. The Kier molecular flexibility index (Phi) is 7.46. The first kappa shape index (κ1) is 28.3. The Labute approximate surface area is 245 Å². The predicted octanol–water partition coefficient (Wildman–Crippen LogP) is 4.95. The molecule has 3 heterocycles. The smallest absolute Gasteiger partial charge is 0.257 e. The second-order valence-corrected chi connectivity index (χ2v) is 12.1. The lowest BCUT2D eigenvalue weighted by molar-refractivity contribution is 0.0949. The topological polar surface area (TPSA) is 87.8 Å². The predicted molar refractivity (Wildman–Crippen MR) is 166 cm³/mol. The molecule has 0 aliphatic carbocycles. The number of halogens is 1. The molecule has 2 saturated heterocycles. The molecule has 42 heavy (non-hydrogen) atoms. The number of nitriles is 1. The highest BCUT2D eigenvalue weighted by atomic mass is 19.1. The molecule has 2 N–H and O–H groups in total. The third-order valence-corrected chi connectivity index (χ3v) is 9.46. The van der Waals surface area contributed by atoms with Gasteiger partial charge in [0, 0.05) is 73.5 Å². The van der Waals surface area contributed by atoms with Crippen LogP contribution in [-0.2, 0) is 7.05 Å². The maximum atomic E-state index is 15.8. The first-order valence-corrected chi connectivity index (χ1v) is 15.0. The number of aromatic nitrogens is 1. The van der Waals surface area contributed by atoms with E-state index in [4.69, 9.17) is 0 Å². The number of fused-ring (bicyclic) bond motifs is 5. The van der Waals surface area contributed by atoms with Gasteiger partial charge in [-0.3, -0.25) is 9.69 Å². The minimum Gasteiger partial charge on any atom is -0.506 e. The van der Waals surface area contributed by atoms with Crippen LogP contribution in [0, 0.1) is 17.1 Å². The van der Waals surface area contributed by atoms with Crippen molar-refractivity contribution in [1.29, 1.82) is 5.26 Å². The van der Waals surface area contributed by atoms with Crippen molar-refractivity contribution in [1.82, 2.24) is 19.7 Å². The number of nitrogens with one attached hydrogen (secondary N) is 1. The van der Waals surface area contributed by atoms with Crippen LogP contribution in [0.1, 0.15) is 49.0 Å². The Morgan fingerprint density at radius 2 is 1.86 bits per heavy atom. The third kappa shape index (κ3) is 4.73. The van der Waals surface area contributed by atoms with E-state index in [-0.39, 0.29) is 17.2 Å². The number of carbonyl (C=O) groups is 1. The van der Waals surface area contributed by atoms with E-state index in [2.05, 4.69) is 47.0 Å². The summed E-state index contributed by atoms with van der Waals surface area (Å²) in [6.45, 7) is 8.94. The fourth-order valence-electron chi connectivity index (χ4n) is 7.01. The Morgan fingerprint density at radius 3 is 2.52 bits per heavy atom. The number of phenols is 1. The van der Waals surface area contributed by atoms with E-state index in [0.29, 0.717) is 59.3 Å². The average Bonchev–Trinajstić information content (AvgIpc) is 3.52. The summed E-state index contributed by atoms with van der Waals surface area (Å²) in [5.74, 6) is -1.04. The number of hydrogen-bond acceptors (Lipinski definition) is 6. The van der Waals surface area contributed by atoms with Crippen LogP contribution >= 0.6 is 0 Å². The van der Waals surface area contributed by atoms with Crippen LogP contribution in [0.15, 0.2) is 30.3 Å². The standard InChI is InChI=1S/C33H39FN6O2/c1-20(2)39-12-14-40(15-13-39)28-18-23-24(17-26(28)34)32(41)30(33(42)36-10-9-22-6-5-11-37(22)3)31-29(23)25-16-21(19-35)7-8-27(25)38(31)4/h7-8,16-18,20,22,41H,5-6,9-15H2,1-4H3,(H,36,42). The summed E-state index contributed by atoms with van der Waals surface area (Å²) in [5, 5.41) is 26.8. The highest BCUT2D eigenvalue weighted by Crippen LogP contribution is 2.44. The number of rotatable bonds is 6. The molecule has 0 bridgehead atoms. The molecule has 2 aliphatic rings. The number of nitrogens with zero attached hydrogens (tertiary/aromatic N) is 5. The van der Waals surface area contributed by atoms with Gasteiger partial charge in [-0.2, -0.15) is 5.26 Å². The van der Waals surface area contributed by atoms with Crippen LogP contribution < -0.4 is 10.2 Å². The van der Waals surface area contributed by atoms with Gasteiger partial charge in [0.15, 0.2) is 0 Å². The normalized spacial score (nSPS) is 18.5. The van der Waals surface area contributed by atoms with Crippen LogP contribution in [0.3, 0.4) is 0 Å². The zero-order valence-corrected chi connectivity index (χ0v) is 24.9. The molecule has 0 saturated carbocycles. The van der Waals surface area contributed by atoms with Gasteiger partial charge in [0.05, 0.1) is 22.8 Å². The lowest BCUT2D eigenvalue weighted by atomic mass is 9.96. The molecule has 9 heteroatoms. The Hall–Kier alpha value is -3.87. The molecule has 1 amide bonds.